The molecule has 0 aliphatic heterocycles. The van der Waals surface area contributed by atoms with Crippen molar-refractivity contribution in [1.82, 2.24) is 5.32 Å². The van der Waals surface area contributed by atoms with E-state index in [0.717, 1.165) is 25.7 Å². The van der Waals surface area contributed by atoms with Crippen LogP contribution in [0.3, 0.4) is 0 Å². The molecule has 0 bridgehead atoms. The maximum Gasteiger partial charge on any atom is 0.223 e. The molecule has 1 amide bonds. The van der Waals surface area contributed by atoms with Crippen molar-refractivity contribution in [2.45, 2.75) is 45.6 Å². The van der Waals surface area contributed by atoms with Gasteiger partial charge in [-0.2, -0.15) is 5.26 Å². The Morgan fingerprint density at radius 3 is 2.81 bits per heavy atom. The molecule has 1 aliphatic carbocycles. The minimum absolute atomic E-state index is 0.0400. The Hall–Kier alpha value is -1.08. The van der Waals surface area contributed by atoms with Crippen LogP contribution in [0.15, 0.2) is 0 Å². The summed E-state index contributed by atoms with van der Waals surface area (Å²) in [5.41, 5.74) is 5.35. The van der Waals surface area contributed by atoms with Crippen molar-refractivity contribution in [2.75, 3.05) is 6.54 Å². The summed E-state index contributed by atoms with van der Waals surface area (Å²) in [4.78, 5) is 11.8. The number of nitriles is 1. The summed E-state index contributed by atoms with van der Waals surface area (Å²) in [6.45, 7) is 4.05. The van der Waals surface area contributed by atoms with Crippen LogP contribution in [0.1, 0.15) is 39.5 Å². The molecule has 0 saturated heterocycles. The smallest absolute Gasteiger partial charge is 0.223 e. The van der Waals surface area contributed by atoms with Gasteiger partial charge in [0.25, 0.3) is 0 Å². The van der Waals surface area contributed by atoms with Crippen LogP contribution in [-0.4, -0.2) is 18.5 Å². The first-order valence-electron chi connectivity index (χ1n) is 5.89. The maximum absolute atomic E-state index is 11.8. The van der Waals surface area contributed by atoms with Crippen molar-refractivity contribution < 1.29 is 4.79 Å². The molecule has 4 heteroatoms. The van der Waals surface area contributed by atoms with Gasteiger partial charge in [0.1, 0.15) is 0 Å². The SMILES string of the molecule is CC(C)(C#N)CNC(=O)C1CCCC(N)C1. The Kier molecular flexibility index (Phi) is 4.31. The van der Waals surface area contributed by atoms with Crippen LogP contribution in [0.5, 0.6) is 0 Å². The Morgan fingerprint density at radius 2 is 2.25 bits per heavy atom. The van der Waals surface area contributed by atoms with Gasteiger partial charge >= 0.3 is 0 Å². The number of hydrogen-bond donors (Lipinski definition) is 2. The van der Waals surface area contributed by atoms with E-state index in [9.17, 15) is 4.79 Å². The van der Waals surface area contributed by atoms with E-state index in [4.69, 9.17) is 11.0 Å². The second-order valence-corrected chi connectivity index (χ2v) is 5.34. The van der Waals surface area contributed by atoms with Crippen molar-refractivity contribution in [3.63, 3.8) is 0 Å². The molecule has 16 heavy (non-hydrogen) atoms. The first-order chi connectivity index (χ1) is 7.44. The van der Waals surface area contributed by atoms with E-state index in [1.54, 1.807) is 0 Å². The number of nitrogens with one attached hydrogen (secondary N) is 1. The van der Waals surface area contributed by atoms with E-state index in [1.807, 2.05) is 13.8 Å². The van der Waals surface area contributed by atoms with Crippen LogP contribution in [0.25, 0.3) is 0 Å². The van der Waals surface area contributed by atoms with Crippen LogP contribution >= 0.6 is 0 Å². The van der Waals surface area contributed by atoms with Crippen LogP contribution < -0.4 is 11.1 Å². The zero-order valence-corrected chi connectivity index (χ0v) is 10.1. The van der Waals surface area contributed by atoms with Gasteiger partial charge < -0.3 is 11.1 Å². The third-order valence-corrected chi connectivity index (χ3v) is 3.09. The second-order valence-electron chi connectivity index (χ2n) is 5.34. The molecule has 2 unspecified atom stereocenters. The molecule has 0 aromatic carbocycles. The largest absolute Gasteiger partial charge is 0.354 e. The van der Waals surface area contributed by atoms with E-state index >= 15 is 0 Å². The molecule has 0 radical (unpaired) electrons. The molecule has 3 N–H and O–H groups in total. The van der Waals surface area contributed by atoms with Crippen molar-refractivity contribution in [2.24, 2.45) is 17.1 Å². The third-order valence-electron chi connectivity index (χ3n) is 3.09. The summed E-state index contributed by atoms with van der Waals surface area (Å²) in [5, 5.41) is 11.7. The number of carbonyl (C=O) groups excluding carboxylic acids is 1. The van der Waals surface area contributed by atoms with E-state index in [1.165, 1.54) is 0 Å². The average molecular weight is 223 g/mol. The normalized spacial score (nSPS) is 25.9. The summed E-state index contributed by atoms with van der Waals surface area (Å²) < 4.78 is 0. The summed E-state index contributed by atoms with van der Waals surface area (Å²) in [5.74, 6) is 0.0942. The topological polar surface area (TPSA) is 78.9 Å². The number of carbonyl (C=O) groups is 1. The van der Waals surface area contributed by atoms with E-state index in [0.29, 0.717) is 6.54 Å². The summed E-state index contributed by atoms with van der Waals surface area (Å²) in [6.07, 6.45) is 3.75. The lowest BCUT2D eigenvalue weighted by Crippen LogP contribution is -2.40. The molecule has 1 aliphatic rings. The highest BCUT2D eigenvalue weighted by molar-refractivity contribution is 5.78. The van der Waals surface area contributed by atoms with Gasteiger partial charge in [-0.15, -0.1) is 0 Å². The van der Waals surface area contributed by atoms with Gasteiger partial charge in [0.05, 0.1) is 11.5 Å². The molecule has 0 heterocycles. The van der Waals surface area contributed by atoms with Crippen molar-refractivity contribution in [3.05, 3.63) is 0 Å². The van der Waals surface area contributed by atoms with Crippen molar-refractivity contribution in [3.8, 4) is 6.07 Å². The molecular weight excluding hydrogens is 202 g/mol. The number of nitrogens with zero attached hydrogens (tertiary/aromatic N) is 1. The van der Waals surface area contributed by atoms with Crippen LogP contribution in [0, 0.1) is 22.7 Å². The third kappa shape index (κ3) is 3.82. The monoisotopic (exact) mass is 223 g/mol. The highest BCUT2D eigenvalue weighted by Gasteiger charge is 2.26. The number of rotatable bonds is 3. The lowest BCUT2D eigenvalue weighted by molar-refractivity contribution is -0.126. The van der Waals surface area contributed by atoms with Crippen molar-refractivity contribution in [1.29, 1.82) is 5.26 Å². The summed E-state index contributed by atoms with van der Waals surface area (Å²) in [6, 6.07) is 2.33. The van der Waals surface area contributed by atoms with E-state index in [-0.39, 0.29) is 17.9 Å². The van der Waals surface area contributed by atoms with Gasteiger partial charge in [-0.25, -0.2) is 0 Å². The first kappa shape index (κ1) is 13.0. The predicted molar refractivity (Wildman–Crippen MR) is 62.3 cm³/mol. The van der Waals surface area contributed by atoms with Gasteiger partial charge in [0.2, 0.25) is 5.91 Å². The lowest BCUT2D eigenvalue weighted by atomic mass is 9.85. The fourth-order valence-electron chi connectivity index (χ4n) is 1.96. The zero-order chi connectivity index (χ0) is 12.2. The molecule has 90 valence electrons. The highest BCUT2D eigenvalue weighted by Crippen LogP contribution is 2.23. The van der Waals surface area contributed by atoms with Gasteiger partial charge in [-0.05, 0) is 33.1 Å². The maximum atomic E-state index is 11.8. The molecule has 1 saturated carbocycles. The molecular formula is C12H21N3O. The average Bonchev–Trinajstić information content (AvgIpc) is 2.26. The van der Waals surface area contributed by atoms with Gasteiger partial charge in [0, 0.05) is 18.5 Å². The Morgan fingerprint density at radius 1 is 1.56 bits per heavy atom. The molecule has 1 fully saturated rings. The summed E-state index contributed by atoms with van der Waals surface area (Å²) in [7, 11) is 0. The molecule has 0 aromatic rings. The standard InChI is InChI=1S/C12H21N3O/c1-12(2,7-13)8-15-11(16)9-4-3-5-10(14)6-9/h9-10H,3-6,8,14H2,1-2H3,(H,15,16). The Bertz CT molecular complexity index is 293. The number of hydrogen-bond acceptors (Lipinski definition) is 3. The lowest BCUT2D eigenvalue weighted by Gasteiger charge is -2.26. The van der Waals surface area contributed by atoms with Gasteiger partial charge in [-0.1, -0.05) is 6.42 Å². The molecule has 4 nitrogen and oxygen atoms in total. The minimum atomic E-state index is -0.494. The fourth-order valence-corrected chi connectivity index (χ4v) is 1.96. The molecule has 2 atom stereocenters. The van der Waals surface area contributed by atoms with Crippen LogP contribution in [0.2, 0.25) is 0 Å². The fraction of sp³-hybridized carbons (Fsp3) is 0.833. The quantitative estimate of drug-likeness (QED) is 0.753. The number of amides is 1. The highest BCUT2D eigenvalue weighted by atomic mass is 16.1. The number of nitrogens with two attached hydrogens (primary N) is 1. The van der Waals surface area contributed by atoms with E-state index < -0.39 is 5.41 Å². The molecule has 0 aromatic heterocycles. The molecule has 0 spiro atoms. The second kappa shape index (κ2) is 5.31. The van der Waals surface area contributed by atoms with Crippen molar-refractivity contribution >= 4 is 5.91 Å². The Balaban J connectivity index is 2.38. The van der Waals surface area contributed by atoms with Crippen LogP contribution in [0.4, 0.5) is 0 Å². The zero-order valence-electron chi connectivity index (χ0n) is 10.1. The van der Waals surface area contributed by atoms with Crippen LogP contribution in [-0.2, 0) is 4.79 Å². The molecule has 1 rings (SSSR count). The minimum Gasteiger partial charge on any atom is -0.354 e. The predicted octanol–water partition coefficient (Wildman–Crippen LogP) is 1.17. The van der Waals surface area contributed by atoms with Gasteiger partial charge in [0.15, 0.2) is 0 Å². The first-order valence-corrected chi connectivity index (χ1v) is 5.89. The van der Waals surface area contributed by atoms with Gasteiger partial charge in [-0.3, -0.25) is 4.79 Å². The Labute approximate surface area is 97.2 Å². The van der Waals surface area contributed by atoms with E-state index in [2.05, 4.69) is 11.4 Å². The summed E-state index contributed by atoms with van der Waals surface area (Å²) >= 11 is 0.